The molecule has 0 radical (unpaired) electrons. The average molecular weight is 224 g/mol. The summed E-state index contributed by atoms with van der Waals surface area (Å²) in [5.41, 5.74) is 0. The van der Waals surface area contributed by atoms with Crippen molar-refractivity contribution in [1.29, 1.82) is 0 Å². The molecule has 0 fully saturated rings. The molecule has 0 aliphatic carbocycles. The lowest BCUT2D eigenvalue weighted by molar-refractivity contribution is -0.136. The first-order valence-corrected chi connectivity index (χ1v) is 4.22. The van der Waals surface area contributed by atoms with Crippen molar-refractivity contribution < 1.29 is 35.1 Å². The minimum absolute atomic E-state index is 0.0869. The molecule has 5 N–H and O–H groups in total. The molecule has 90 valence electrons. The fraction of sp³-hybridized carbons (Fsp3) is 0.750. The van der Waals surface area contributed by atoms with Gasteiger partial charge in [-0.3, -0.25) is 4.79 Å². The second-order valence-electron chi connectivity index (χ2n) is 2.61. The van der Waals surface area contributed by atoms with Crippen LogP contribution in [0.25, 0.3) is 0 Å². The summed E-state index contributed by atoms with van der Waals surface area (Å²) in [6, 6.07) is 0. The van der Waals surface area contributed by atoms with Gasteiger partial charge in [0.25, 0.3) is 0 Å². The largest absolute Gasteiger partial charge is 0.481 e. The molecule has 7 nitrogen and oxygen atoms in total. The van der Waals surface area contributed by atoms with Gasteiger partial charge in [-0.15, -0.1) is 0 Å². The lowest BCUT2D eigenvalue weighted by atomic mass is 10.1. The summed E-state index contributed by atoms with van der Waals surface area (Å²) in [6.45, 7) is 0.911. The fourth-order valence-electron chi connectivity index (χ4n) is 0.416. The molecule has 0 unspecified atom stereocenters. The number of aliphatic hydroxyl groups excluding tert-OH is 4. The van der Waals surface area contributed by atoms with Gasteiger partial charge >= 0.3 is 5.97 Å². The Morgan fingerprint density at radius 1 is 1.33 bits per heavy atom. The molecule has 0 aromatic rings. The van der Waals surface area contributed by atoms with Crippen LogP contribution in [0.15, 0.2) is 0 Å². The van der Waals surface area contributed by atoms with E-state index < -0.39 is 30.9 Å². The minimum atomic E-state index is -1.64. The maximum absolute atomic E-state index is 9.76. The van der Waals surface area contributed by atoms with E-state index in [9.17, 15) is 9.59 Å². The van der Waals surface area contributed by atoms with Gasteiger partial charge in [0.1, 0.15) is 18.3 Å². The Morgan fingerprint density at radius 3 is 1.93 bits per heavy atom. The van der Waals surface area contributed by atoms with Crippen LogP contribution in [0.5, 0.6) is 0 Å². The van der Waals surface area contributed by atoms with E-state index in [4.69, 9.17) is 25.5 Å². The van der Waals surface area contributed by atoms with E-state index in [1.54, 1.807) is 6.92 Å². The highest BCUT2D eigenvalue weighted by Gasteiger charge is 2.22. The first-order chi connectivity index (χ1) is 6.90. The number of aldehydes is 1. The van der Waals surface area contributed by atoms with E-state index >= 15 is 0 Å². The number of aliphatic carboxylic acids is 1. The highest BCUT2D eigenvalue weighted by molar-refractivity contribution is 5.66. The van der Waals surface area contributed by atoms with Gasteiger partial charge in [-0.1, -0.05) is 6.92 Å². The first kappa shape index (κ1) is 16.4. The lowest BCUT2D eigenvalue weighted by Crippen LogP contribution is -2.40. The second-order valence-corrected chi connectivity index (χ2v) is 2.61. The topological polar surface area (TPSA) is 135 Å². The number of carboxylic acid groups (broad SMARTS) is 1. The summed E-state index contributed by atoms with van der Waals surface area (Å²) in [5, 5.41) is 41.8. The van der Waals surface area contributed by atoms with Crippen molar-refractivity contribution in [3.05, 3.63) is 0 Å². The van der Waals surface area contributed by atoms with Crippen molar-refractivity contribution in [2.24, 2.45) is 0 Å². The standard InChI is InChI=1S/C5H10O5.C3H6O2/c6-1-3(8)5(10)4(9)2-7;1-2-3(4)5/h1,3-5,7-10H,2H2;2H2,1H3,(H,4,5)/t3-,4-,5+;/m0./s1. The Kier molecular flexibility index (Phi) is 10.4. The zero-order chi connectivity index (χ0) is 12.4. The summed E-state index contributed by atoms with van der Waals surface area (Å²) < 4.78 is 0. The molecule has 0 aliphatic rings. The Morgan fingerprint density at radius 2 is 1.73 bits per heavy atom. The highest BCUT2D eigenvalue weighted by Crippen LogP contribution is 1.96. The summed E-state index contributed by atoms with van der Waals surface area (Å²) in [7, 11) is 0. The van der Waals surface area contributed by atoms with Crippen molar-refractivity contribution in [3.8, 4) is 0 Å². The zero-order valence-electron chi connectivity index (χ0n) is 8.28. The van der Waals surface area contributed by atoms with E-state index in [0.717, 1.165) is 0 Å². The van der Waals surface area contributed by atoms with Crippen molar-refractivity contribution in [2.75, 3.05) is 6.61 Å². The van der Waals surface area contributed by atoms with Crippen LogP contribution in [0.3, 0.4) is 0 Å². The molecule has 0 aromatic heterocycles. The average Bonchev–Trinajstić information content (AvgIpc) is 2.26. The summed E-state index contributed by atoms with van der Waals surface area (Å²) in [4.78, 5) is 19.1. The molecule has 0 rings (SSSR count). The number of carboxylic acids is 1. The van der Waals surface area contributed by atoms with Gasteiger partial charge in [0.2, 0.25) is 0 Å². The predicted molar refractivity (Wildman–Crippen MR) is 49.1 cm³/mol. The minimum Gasteiger partial charge on any atom is -0.481 e. The van der Waals surface area contributed by atoms with E-state index in [0.29, 0.717) is 0 Å². The molecule has 7 heteroatoms. The SMILES string of the molecule is CCC(=O)O.O=C[C@H](O)[C@@H](O)[C@@H](O)CO. The maximum Gasteiger partial charge on any atom is 0.303 e. The van der Waals surface area contributed by atoms with Gasteiger partial charge in [0.15, 0.2) is 6.29 Å². The van der Waals surface area contributed by atoms with Crippen molar-refractivity contribution in [3.63, 3.8) is 0 Å². The van der Waals surface area contributed by atoms with Crippen LogP contribution >= 0.6 is 0 Å². The molecule has 0 bridgehead atoms. The number of carbonyl (C=O) groups excluding carboxylic acids is 1. The third-order valence-electron chi connectivity index (χ3n) is 1.37. The third kappa shape index (κ3) is 9.29. The molecule has 0 heterocycles. The van der Waals surface area contributed by atoms with Crippen LogP contribution in [0, 0.1) is 0 Å². The quantitative estimate of drug-likeness (QED) is 0.332. The van der Waals surface area contributed by atoms with Crippen LogP contribution in [0.2, 0.25) is 0 Å². The number of hydrogen-bond donors (Lipinski definition) is 5. The van der Waals surface area contributed by atoms with E-state index in [-0.39, 0.29) is 12.7 Å². The molecule has 0 amide bonds. The Balaban J connectivity index is 0. The highest BCUT2D eigenvalue weighted by atomic mass is 16.4. The normalized spacial score (nSPS) is 15.5. The van der Waals surface area contributed by atoms with Gasteiger partial charge in [-0.25, -0.2) is 0 Å². The zero-order valence-corrected chi connectivity index (χ0v) is 8.28. The number of aliphatic hydroxyl groups is 4. The van der Waals surface area contributed by atoms with Gasteiger partial charge in [0.05, 0.1) is 6.61 Å². The van der Waals surface area contributed by atoms with E-state index in [1.165, 1.54) is 0 Å². The summed E-state index contributed by atoms with van der Waals surface area (Å²) >= 11 is 0. The molecule has 0 aromatic carbocycles. The number of rotatable bonds is 5. The lowest BCUT2D eigenvalue weighted by Gasteiger charge is -2.16. The van der Waals surface area contributed by atoms with Gasteiger partial charge in [-0.2, -0.15) is 0 Å². The molecule has 0 spiro atoms. The van der Waals surface area contributed by atoms with Crippen molar-refractivity contribution >= 4 is 12.3 Å². The van der Waals surface area contributed by atoms with Gasteiger partial charge < -0.3 is 30.3 Å². The van der Waals surface area contributed by atoms with Gasteiger partial charge in [-0.05, 0) is 0 Å². The maximum atomic E-state index is 9.76. The van der Waals surface area contributed by atoms with Crippen LogP contribution < -0.4 is 0 Å². The van der Waals surface area contributed by atoms with Gasteiger partial charge in [0, 0.05) is 6.42 Å². The third-order valence-corrected chi connectivity index (χ3v) is 1.37. The first-order valence-electron chi connectivity index (χ1n) is 4.22. The van der Waals surface area contributed by atoms with Crippen LogP contribution in [-0.4, -0.2) is 62.7 Å². The molecule has 15 heavy (non-hydrogen) atoms. The molecule has 3 atom stereocenters. The molecule has 0 aliphatic heterocycles. The van der Waals surface area contributed by atoms with Crippen LogP contribution in [-0.2, 0) is 9.59 Å². The monoisotopic (exact) mass is 224 g/mol. The second kappa shape index (κ2) is 9.53. The predicted octanol–water partition coefficient (Wildman–Crippen LogP) is -2.26. The molecular weight excluding hydrogens is 208 g/mol. The van der Waals surface area contributed by atoms with E-state index in [2.05, 4.69) is 0 Å². The van der Waals surface area contributed by atoms with Crippen molar-refractivity contribution in [2.45, 2.75) is 31.7 Å². The Hall–Kier alpha value is -1.02. The number of carbonyl (C=O) groups is 2. The Labute approximate surface area is 86.6 Å². The fourth-order valence-corrected chi connectivity index (χ4v) is 0.416. The van der Waals surface area contributed by atoms with Crippen LogP contribution in [0.4, 0.5) is 0 Å². The molecular formula is C8H16O7. The van der Waals surface area contributed by atoms with E-state index in [1.807, 2.05) is 0 Å². The van der Waals surface area contributed by atoms with Crippen molar-refractivity contribution in [1.82, 2.24) is 0 Å². The Bertz CT molecular complexity index is 182. The summed E-state index contributed by atoms with van der Waals surface area (Å²) in [5.74, 6) is -0.745. The molecule has 0 saturated carbocycles. The summed E-state index contributed by atoms with van der Waals surface area (Å²) in [6.07, 6.45) is -4.41. The van der Waals surface area contributed by atoms with Crippen LogP contribution in [0.1, 0.15) is 13.3 Å². The smallest absolute Gasteiger partial charge is 0.303 e. The number of hydrogen-bond acceptors (Lipinski definition) is 6. The molecule has 0 saturated heterocycles.